The smallest absolute Gasteiger partial charge is 0.351 e. The topological polar surface area (TPSA) is 66.6 Å². The zero-order valence-electron chi connectivity index (χ0n) is 9.95. The number of nitrogens with two attached hydrogens (primary N) is 1. The molecule has 0 radical (unpaired) electrons. The van der Waals surface area contributed by atoms with Crippen molar-refractivity contribution in [1.82, 2.24) is 4.90 Å². The van der Waals surface area contributed by atoms with Gasteiger partial charge in [0.1, 0.15) is 0 Å². The van der Waals surface area contributed by atoms with Crippen molar-refractivity contribution < 1.29 is 22.8 Å². The molecular formula is C11H9ClF3N3O2. The van der Waals surface area contributed by atoms with Gasteiger partial charge in [-0.05, 0) is 18.2 Å². The first-order valence-electron chi connectivity index (χ1n) is 5.47. The molecule has 20 heavy (non-hydrogen) atoms. The van der Waals surface area contributed by atoms with Crippen LogP contribution < -0.4 is 10.6 Å². The highest BCUT2D eigenvalue weighted by molar-refractivity contribution is 6.31. The number of carbonyl (C=O) groups is 2. The molecule has 0 spiro atoms. The van der Waals surface area contributed by atoms with Crippen LogP contribution in [0.3, 0.4) is 0 Å². The molecule has 2 N–H and O–H groups in total. The first-order chi connectivity index (χ1) is 9.21. The van der Waals surface area contributed by atoms with Crippen molar-refractivity contribution in [3.63, 3.8) is 0 Å². The zero-order chi connectivity index (χ0) is 15.1. The van der Waals surface area contributed by atoms with Gasteiger partial charge in [-0.2, -0.15) is 13.2 Å². The lowest BCUT2D eigenvalue weighted by atomic mass is 10.2. The van der Waals surface area contributed by atoms with E-state index in [1.807, 2.05) is 0 Å². The number of urea groups is 2. The van der Waals surface area contributed by atoms with Crippen molar-refractivity contribution in [2.24, 2.45) is 5.73 Å². The Labute approximate surface area is 116 Å². The first-order valence-corrected chi connectivity index (χ1v) is 5.85. The van der Waals surface area contributed by atoms with E-state index in [1.165, 1.54) is 6.07 Å². The standard InChI is InChI=1S/C11H9ClF3N3O2/c12-8-2-1-6(5-7(8)11(13,14)15)17-3-4-18(9(16)19)10(17)20/h1-2,5H,3-4H2,(H2,16,19). The van der Waals surface area contributed by atoms with E-state index in [0.29, 0.717) is 0 Å². The maximum Gasteiger partial charge on any atom is 0.417 e. The van der Waals surface area contributed by atoms with Gasteiger partial charge in [-0.3, -0.25) is 4.90 Å². The number of nitrogens with zero attached hydrogens (tertiary/aromatic N) is 2. The molecule has 0 atom stereocenters. The van der Waals surface area contributed by atoms with Crippen LogP contribution in [0.25, 0.3) is 0 Å². The molecule has 9 heteroatoms. The largest absolute Gasteiger partial charge is 0.417 e. The van der Waals surface area contributed by atoms with Crippen LogP contribution in [0.1, 0.15) is 5.56 Å². The number of amides is 4. The molecule has 1 saturated heterocycles. The Hall–Kier alpha value is -1.96. The molecule has 1 heterocycles. The van der Waals surface area contributed by atoms with Crippen LogP contribution >= 0.6 is 11.6 Å². The lowest BCUT2D eigenvalue weighted by Gasteiger charge is -2.18. The maximum absolute atomic E-state index is 12.7. The molecule has 4 amide bonds. The van der Waals surface area contributed by atoms with Gasteiger partial charge >= 0.3 is 18.2 Å². The number of carbonyl (C=O) groups excluding carboxylic acids is 2. The molecule has 2 rings (SSSR count). The number of anilines is 1. The number of benzene rings is 1. The van der Waals surface area contributed by atoms with E-state index in [2.05, 4.69) is 0 Å². The molecule has 1 aliphatic heterocycles. The Morgan fingerprint density at radius 3 is 2.45 bits per heavy atom. The third-order valence-corrected chi connectivity index (χ3v) is 3.17. The van der Waals surface area contributed by atoms with Gasteiger partial charge in [-0.1, -0.05) is 11.6 Å². The zero-order valence-corrected chi connectivity index (χ0v) is 10.7. The summed E-state index contributed by atoms with van der Waals surface area (Å²) in [4.78, 5) is 24.6. The molecule has 1 aromatic rings. The van der Waals surface area contributed by atoms with Crippen LogP contribution in [0.5, 0.6) is 0 Å². The van der Waals surface area contributed by atoms with Gasteiger partial charge in [0.25, 0.3) is 0 Å². The molecule has 0 unspecified atom stereocenters. The van der Waals surface area contributed by atoms with Crippen molar-refractivity contribution in [1.29, 1.82) is 0 Å². The summed E-state index contributed by atoms with van der Waals surface area (Å²) in [6, 6.07) is 1.40. The monoisotopic (exact) mass is 307 g/mol. The molecule has 1 aliphatic rings. The van der Waals surface area contributed by atoms with Gasteiger partial charge in [-0.25, -0.2) is 14.5 Å². The fourth-order valence-electron chi connectivity index (χ4n) is 1.88. The van der Waals surface area contributed by atoms with Gasteiger partial charge in [-0.15, -0.1) is 0 Å². The van der Waals surface area contributed by atoms with E-state index >= 15 is 0 Å². The number of hydrogen-bond acceptors (Lipinski definition) is 2. The Morgan fingerprint density at radius 1 is 1.30 bits per heavy atom. The van der Waals surface area contributed by atoms with Crippen LogP contribution in [-0.4, -0.2) is 30.1 Å². The van der Waals surface area contributed by atoms with E-state index in [-0.39, 0.29) is 18.8 Å². The summed E-state index contributed by atoms with van der Waals surface area (Å²) >= 11 is 5.50. The number of hydrogen-bond donors (Lipinski definition) is 1. The molecule has 0 bridgehead atoms. The normalized spacial score (nSPS) is 15.9. The minimum absolute atomic E-state index is 0.00970. The van der Waals surface area contributed by atoms with Crippen molar-refractivity contribution in [2.75, 3.05) is 18.0 Å². The van der Waals surface area contributed by atoms with Gasteiger partial charge in [0.2, 0.25) is 0 Å². The van der Waals surface area contributed by atoms with E-state index < -0.39 is 28.8 Å². The first kappa shape index (κ1) is 14.4. The molecular weight excluding hydrogens is 299 g/mol. The molecule has 0 aromatic heterocycles. The summed E-state index contributed by atoms with van der Waals surface area (Å²) in [5.74, 6) is 0. The Bertz CT molecular complexity index is 577. The van der Waals surface area contributed by atoms with Crippen LogP contribution in [0, 0.1) is 0 Å². The summed E-state index contributed by atoms with van der Waals surface area (Å²) < 4.78 is 38.2. The fourth-order valence-corrected chi connectivity index (χ4v) is 2.10. The second-order valence-electron chi connectivity index (χ2n) is 4.09. The van der Waals surface area contributed by atoms with Crippen LogP contribution in [0.2, 0.25) is 5.02 Å². The van der Waals surface area contributed by atoms with Crippen LogP contribution in [-0.2, 0) is 6.18 Å². The molecule has 1 aromatic carbocycles. The number of primary amides is 1. The Balaban J connectivity index is 2.36. The SMILES string of the molecule is NC(=O)N1CCN(c2ccc(Cl)c(C(F)(F)F)c2)C1=O. The van der Waals surface area contributed by atoms with Gasteiger partial charge in [0.05, 0.1) is 17.1 Å². The van der Waals surface area contributed by atoms with Crippen molar-refractivity contribution >= 4 is 29.4 Å². The summed E-state index contributed by atoms with van der Waals surface area (Å²) in [6.45, 7) is 0.0961. The molecule has 5 nitrogen and oxygen atoms in total. The lowest BCUT2D eigenvalue weighted by Crippen LogP contribution is -2.39. The summed E-state index contributed by atoms with van der Waals surface area (Å²) in [7, 11) is 0. The van der Waals surface area contributed by atoms with E-state index in [4.69, 9.17) is 17.3 Å². The number of halogens is 4. The second-order valence-corrected chi connectivity index (χ2v) is 4.49. The Kier molecular flexibility index (Phi) is 3.51. The van der Waals surface area contributed by atoms with Crippen molar-refractivity contribution in [3.8, 4) is 0 Å². The number of imide groups is 1. The van der Waals surface area contributed by atoms with Crippen molar-refractivity contribution in [3.05, 3.63) is 28.8 Å². The molecule has 0 saturated carbocycles. The van der Waals surface area contributed by atoms with Gasteiger partial charge in [0.15, 0.2) is 0 Å². The average molecular weight is 308 g/mol. The quantitative estimate of drug-likeness (QED) is 0.866. The highest BCUT2D eigenvalue weighted by Gasteiger charge is 2.36. The van der Waals surface area contributed by atoms with E-state index in [0.717, 1.165) is 21.9 Å². The maximum atomic E-state index is 12.7. The minimum Gasteiger partial charge on any atom is -0.351 e. The summed E-state index contributed by atoms with van der Waals surface area (Å²) in [6.07, 6.45) is -4.63. The van der Waals surface area contributed by atoms with Crippen molar-refractivity contribution in [2.45, 2.75) is 6.18 Å². The predicted molar refractivity (Wildman–Crippen MR) is 65.5 cm³/mol. The third-order valence-electron chi connectivity index (χ3n) is 2.84. The minimum atomic E-state index is -4.63. The fraction of sp³-hybridized carbons (Fsp3) is 0.273. The predicted octanol–water partition coefficient (Wildman–Crippen LogP) is 2.68. The van der Waals surface area contributed by atoms with E-state index in [9.17, 15) is 22.8 Å². The lowest BCUT2D eigenvalue weighted by molar-refractivity contribution is -0.137. The van der Waals surface area contributed by atoms with Gasteiger partial charge < -0.3 is 5.73 Å². The van der Waals surface area contributed by atoms with Crippen LogP contribution in [0.4, 0.5) is 28.4 Å². The summed E-state index contributed by atoms with van der Waals surface area (Å²) in [5.41, 5.74) is 3.96. The number of alkyl halides is 3. The summed E-state index contributed by atoms with van der Waals surface area (Å²) in [5, 5.41) is -0.459. The third kappa shape index (κ3) is 2.51. The molecule has 0 aliphatic carbocycles. The second kappa shape index (κ2) is 4.86. The van der Waals surface area contributed by atoms with Gasteiger partial charge in [0, 0.05) is 12.2 Å². The highest BCUT2D eigenvalue weighted by atomic mass is 35.5. The Morgan fingerprint density at radius 2 is 1.95 bits per heavy atom. The highest BCUT2D eigenvalue weighted by Crippen LogP contribution is 2.37. The molecule has 108 valence electrons. The average Bonchev–Trinajstić information content (AvgIpc) is 2.70. The molecule has 1 fully saturated rings. The van der Waals surface area contributed by atoms with E-state index in [1.54, 1.807) is 0 Å². The van der Waals surface area contributed by atoms with Crippen LogP contribution in [0.15, 0.2) is 18.2 Å². The number of rotatable bonds is 1.